The number of nitrogens with two attached hydrogens (primary N) is 4. The second-order valence-electron chi connectivity index (χ2n) is 22.3. The zero-order valence-electron chi connectivity index (χ0n) is 50.2. The summed E-state index contributed by atoms with van der Waals surface area (Å²) in [4.78, 5) is 130. The molecule has 0 fully saturated rings. The van der Waals surface area contributed by atoms with Gasteiger partial charge in [-0.15, -0.1) is 0 Å². The van der Waals surface area contributed by atoms with Crippen molar-refractivity contribution in [2.75, 3.05) is 19.7 Å². The number of carboxylic acid groups (broad SMARTS) is 1. The van der Waals surface area contributed by atoms with E-state index in [0.717, 1.165) is 0 Å². The summed E-state index contributed by atoms with van der Waals surface area (Å²) < 4.78 is 0. The van der Waals surface area contributed by atoms with Crippen molar-refractivity contribution in [1.29, 1.82) is 0 Å². The standard InChI is InChI=1S/C62H87N13O13/c1-36(2)30-47(70-53(79)44(64)31-40-20-24-42(77)25-21-40)56(82)71-48(32-38-14-7-5-8-15-38)58(84)72-49(33-39-16-9-6-10-17-39)59(85)73-50(34-41-22-26-43(78)27-23-41)57(83)69-46(19-13-29-67-62(65)66)54(80)68-45(18-11-12-28-63)55(81)74-51(35-76)60(86)75-52(37(3)4)61(87)88/h5-10,14-17,20-27,36-37,44-52,76-78H,11-13,18-19,28-35,63-64H2,1-4H3,(H,68,80)(H,69,83)(H,70,79)(H,71,82)(H,72,84)(H,73,85)(H,74,81)(H,75,86)(H,87,88)(H4,65,66,67). The van der Waals surface area contributed by atoms with E-state index >= 15 is 0 Å². The lowest BCUT2D eigenvalue weighted by molar-refractivity contribution is -0.144. The average molecular weight is 1220 g/mol. The molecule has 8 amide bonds. The van der Waals surface area contributed by atoms with Gasteiger partial charge in [0.2, 0.25) is 47.3 Å². The lowest BCUT2D eigenvalue weighted by Gasteiger charge is -2.28. The highest BCUT2D eigenvalue weighted by atomic mass is 16.4. The van der Waals surface area contributed by atoms with Crippen molar-refractivity contribution in [2.24, 2.45) is 39.8 Å². The molecule has 88 heavy (non-hydrogen) atoms. The van der Waals surface area contributed by atoms with Crippen LogP contribution < -0.4 is 65.5 Å². The molecule has 20 N–H and O–H groups in total. The molecule has 0 aliphatic carbocycles. The Kier molecular flexibility index (Phi) is 29.8. The van der Waals surface area contributed by atoms with Crippen molar-refractivity contribution in [3.63, 3.8) is 0 Å². The third kappa shape index (κ3) is 25.1. The number of nitrogens with one attached hydrogen (secondary N) is 8. The number of unbranched alkanes of at least 4 members (excludes halogenated alkanes) is 1. The molecule has 0 spiro atoms. The molecule has 9 atom stereocenters. The summed E-state index contributed by atoms with van der Waals surface area (Å²) in [5, 5.41) is 60.9. The van der Waals surface area contributed by atoms with E-state index in [4.69, 9.17) is 22.9 Å². The van der Waals surface area contributed by atoms with E-state index in [9.17, 15) is 63.6 Å². The van der Waals surface area contributed by atoms with Crippen molar-refractivity contribution in [3.05, 3.63) is 131 Å². The summed E-state index contributed by atoms with van der Waals surface area (Å²) in [6, 6.07) is 16.9. The van der Waals surface area contributed by atoms with Gasteiger partial charge in [0.15, 0.2) is 5.96 Å². The molecule has 4 aromatic carbocycles. The van der Waals surface area contributed by atoms with E-state index in [-0.39, 0.29) is 94.3 Å². The van der Waals surface area contributed by atoms with Crippen LogP contribution in [0, 0.1) is 11.8 Å². The number of nitrogens with zero attached hydrogens (tertiary/aromatic N) is 1. The van der Waals surface area contributed by atoms with Crippen molar-refractivity contribution in [3.8, 4) is 11.5 Å². The predicted molar refractivity (Wildman–Crippen MR) is 329 cm³/mol. The van der Waals surface area contributed by atoms with E-state index in [1.807, 2.05) is 13.8 Å². The smallest absolute Gasteiger partial charge is 0.326 e. The monoisotopic (exact) mass is 1220 g/mol. The lowest BCUT2D eigenvalue weighted by atomic mass is 9.99. The first kappa shape index (κ1) is 71.3. The third-order valence-electron chi connectivity index (χ3n) is 14.1. The van der Waals surface area contributed by atoms with Crippen molar-refractivity contribution in [1.82, 2.24) is 42.5 Å². The van der Waals surface area contributed by atoms with Crippen LogP contribution in [0.3, 0.4) is 0 Å². The summed E-state index contributed by atoms with van der Waals surface area (Å²) >= 11 is 0. The maximum absolute atomic E-state index is 15.0. The summed E-state index contributed by atoms with van der Waals surface area (Å²) in [6.45, 7) is 6.08. The van der Waals surface area contributed by atoms with Gasteiger partial charge in [0, 0.05) is 25.8 Å². The topological polar surface area (TPSA) is 447 Å². The zero-order chi connectivity index (χ0) is 64.9. The first-order chi connectivity index (χ1) is 41.9. The zero-order valence-corrected chi connectivity index (χ0v) is 50.2. The van der Waals surface area contributed by atoms with E-state index in [1.165, 1.54) is 36.4 Å². The first-order valence-electron chi connectivity index (χ1n) is 29.3. The average Bonchev–Trinajstić information content (AvgIpc) is 3.53. The summed E-state index contributed by atoms with van der Waals surface area (Å²) in [5.74, 6) is -9.12. The van der Waals surface area contributed by atoms with Crippen LogP contribution in [0.25, 0.3) is 0 Å². The predicted octanol–water partition coefficient (Wildman–Crippen LogP) is -0.464. The Bertz CT molecular complexity index is 2930. The summed E-state index contributed by atoms with van der Waals surface area (Å²) in [7, 11) is 0. The van der Waals surface area contributed by atoms with Gasteiger partial charge in [-0.3, -0.25) is 43.3 Å². The number of aliphatic carboxylic acids is 1. The molecule has 4 aromatic rings. The first-order valence-corrected chi connectivity index (χ1v) is 29.3. The highest BCUT2D eigenvalue weighted by molar-refractivity contribution is 5.98. The van der Waals surface area contributed by atoms with E-state index in [0.29, 0.717) is 28.7 Å². The van der Waals surface area contributed by atoms with Crippen LogP contribution in [0.2, 0.25) is 0 Å². The molecule has 4 rings (SSSR count). The van der Waals surface area contributed by atoms with Crippen LogP contribution in [0.1, 0.15) is 88.5 Å². The number of aliphatic hydroxyl groups excluding tert-OH is 1. The number of carbonyl (C=O) groups is 9. The number of carboxylic acids is 1. The fraction of sp³-hybridized carbons (Fsp3) is 0.452. The highest BCUT2D eigenvalue weighted by Crippen LogP contribution is 2.16. The SMILES string of the molecule is CC(C)CC(NC(=O)C(N)Cc1ccc(O)cc1)C(=O)NC(Cc1ccccc1)C(=O)NC(Cc1ccccc1)C(=O)NC(Cc1ccc(O)cc1)C(=O)NC(CCCN=C(N)N)C(=O)NC(CCCCN)C(=O)NC(CO)C(=O)NC(C(=O)O)C(C)C. The molecule has 0 saturated heterocycles. The van der Waals surface area contributed by atoms with Crippen LogP contribution in [-0.4, -0.2) is 154 Å². The number of amides is 8. The second-order valence-corrected chi connectivity index (χ2v) is 22.3. The summed E-state index contributed by atoms with van der Waals surface area (Å²) in [5.41, 5.74) is 25.5. The molecule has 478 valence electrons. The fourth-order valence-corrected chi connectivity index (χ4v) is 9.28. The largest absolute Gasteiger partial charge is 0.508 e. The molecular weight excluding hydrogens is 1130 g/mol. The number of hydrogen-bond acceptors (Lipinski definition) is 15. The molecule has 0 radical (unpaired) electrons. The van der Waals surface area contributed by atoms with Gasteiger partial charge in [-0.05, 0) is 110 Å². The summed E-state index contributed by atoms with van der Waals surface area (Å²) in [6.07, 6.45) is 0.395. The number of benzene rings is 4. The van der Waals surface area contributed by atoms with Crippen LogP contribution in [0.15, 0.2) is 114 Å². The van der Waals surface area contributed by atoms with Crippen LogP contribution in [0.5, 0.6) is 11.5 Å². The number of rotatable bonds is 37. The molecule has 0 heterocycles. The van der Waals surface area contributed by atoms with Gasteiger partial charge in [0.1, 0.15) is 59.8 Å². The Labute approximate surface area is 512 Å². The Balaban J connectivity index is 1.70. The number of phenolic OH excluding ortho intramolecular Hbond substituents is 2. The van der Waals surface area contributed by atoms with Crippen molar-refractivity contribution >= 4 is 59.2 Å². The van der Waals surface area contributed by atoms with E-state index in [1.54, 1.807) is 86.6 Å². The third-order valence-corrected chi connectivity index (χ3v) is 14.1. The van der Waals surface area contributed by atoms with Gasteiger partial charge in [-0.2, -0.15) is 0 Å². The Morgan fingerprint density at radius 1 is 0.455 bits per heavy atom. The maximum Gasteiger partial charge on any atom is 0.326 e. The lowest BCUT2D eigenvalue weighted by Crippen LogP contribution is -2.61. The van der Waals surface area contributed by atoms with Gasteiger partial charge >= 0.3 is 5.97 Å². The number of carbonyl (C=O) groups excluding carboxylic acids is 8. The minimum Gasteiger partial charge on any atom is -0.508 e. The number of phenols is 2. The number of aliphatic hydroxyl groups is 1. The molecule has 0 aliphatic rings. The molecule has 26 heteroatoms. The molecule has 0 saturated carbocycles. The molecule has 0 aliphatic heterocycles. The minimum atomic E-state index is -1.64. The Hall–Kier alpha value is -9.14. The number of hydrogen-bond donors (Lipinski definition) is 16. The van der Waals surface area contributed by atoms with Crippen LogP contribution in [0.4, 0.5) is 0 Å². The molecule has 9 unspecified atom stereocenters. The molecule has 0 aromatic heterocycles. The number of aromatic hydroxyl groups is 2. The fourth-order valence-electron chi connectivity index (χ4n) is 9.28. The normalized spacial score (nSPS) is 14.2. The highest BCUT2D eigenvalue weighted by Gasteiger charge is 2.36. The van der Waals surface area contributed by atoms with Gasteiger partial charge < -0.3 is 85.9 Å². The van der Waals surface area contributed by atoms with E-state index in [2.05, 4.69) is 47.5 Å². The minimum absolute atomic E-state index is 0.00702. The number of guanidine groups is 1. The van der Waals surface area contributed by atoms with Gasteiger partial charge in [-0.1, -0.05) is 113 Å². The van der Waals surface area contributed by atoms with Crippen molar-refractivity contribution < 1.29 is 63.6 Å². The maximum atomic E-state index is 15.0. The Morgan fingerprint density at radius 2 is 0.818 bits per heavy atom. The van der Waals surface area contributed by atoms with Crippen LogP contribution in [-0.2, 0) is 68.8 Å². The van der Waals surface area contributed by atoms with Crippen molar-refractivity contribution in [2.45, 2.75) is 146 Å². The van der Waals surface area contributed by atoms with Crippen LogP contribution >= 0.6 is 0 Å². The Morgan fingerprint density at radius 3 is 1.22 bits per heavy atom. The van der Waals surface area contributed by atoms with Gasteiger partial charge in [0.25, 0.3) is 0 Å². The molecule has 0 bridgehead atoms. The quantitative estimate of drug-likeness (QED) is 0.0154. The van der Waals surface area contributed by atoms with Gasteiger partial charge in [0.05, 0.1) is 12.6 Å². The molecular formula is C62H87N13O13. The second kappa shape index (κ2) is 36.8. The number of aliphatic imine (C=N–C) groups is 1. The van der Waals surface area contributed by atoms with Gasteiger partial charge in [-0.25, -0.2) is 4.79 Å². The van der Waals surface area contributed by atoms with E-state index < -0.39 is 120 Å². The molecule has 26 nitrogen and oxygen atoms in total.